The molecule has 0 radical (unpaired) electrons. The van der Waals surface area contributed by atoms with Gasteiger partial charge in [-0.1, -0.05) is 40.2 Å². The lowest BCUT2D eigenvalue weighted by Gasteiger charge is -2.34. The summed E-state index contributed by atoms with van der Waals surface area (Å²) in [6, 6.07) is 13.7. The zero-order valence-corrected chi connectivity index (χ0v) is 17.5. The molecule has 1 amide bonds. The molecule has 1 atom stereocenters. The van der Waals surface area contributed by atoms with E-state index in [1.165, 1.54) is 12.1 Å². The lowest BCUT2D eigenvalue weighted by Crippen LogP contribution is -2.35. The van der Waals surface area contributed by atoms with Crippen molar-refractivity contribution < 1.29 is 14.0 Å². The van der Waals surface area contributed by atoms with Gasteiger partial charge in [0.05, 0.1) is 5.69 Å². The molecule has 0 bridgehead atoms. The molecule has 0 saturated carbocycles. The number of hydrogen-bond acceptors (Lipinski definition) is 3. The van der Waals surface area contributed by atoms with Gasteiger partial charge in [-0.3, -0.25) is 9.59 Å². The maximum Gasteiger partial charge on any atom is 0.254 e. The Morgan fingerprint density at radius 1 is 1.17 bits per heavy atom. The number of halogens is 2. The van der Waals surface area contributed by atoms with Crippen molar-refractivity contribution in [3.8, 4) is 0 Å². The summed E-state index contributed by atoms with van der Waals surface area (Å²) in [5.41, 5.74) is 3.59. The van der Waals surface area contributed by atoms with Gasteiger partial charge in [0.1, 0.15) is 5.82 Å². The normalized spacial score (nSPS) is 19.0. The molecule has 2 aromatic rings. The lowest BCUT2D eigenvalue weighted by atomic mass is 9.75. The molecule has 0 fully saturated rings. The van der Waals surface area contributed by atoms with Crippen LogP contribution in [0.2, 0.25) is 0 Å². The Hall–Kier alpha value is -2.73. The molecule has 148 valence electrons. The van der Waals surface area contributed by atoms with E-state index in [9.17, 15) is 14.0 Å². The van der Waals surface area contributed by atoms with Crippen molar-refractivity contribution in [1.29, 1.82) is 0 Å². The minimum absolute atomic E-state index is 0.0485. The number of allylic oxidation sites excluding steroid dienone is 3. The van der Waals surface area contributed by atoms with Crippen LogP contribution in [0.3, 0.4) is 0 Å². The first-order valence-electron chi connectivity index (χ1n) is 9.51. The van der Waals surface area contributed by atoms with E-state index in [1.807, 2.05) is 31.2 Å². The topological polar surface area (TPSA) is 58.2 Å². The van der Waals surface area contributed by atoms with E-state index in [2.05, 4.69) is 26.6 Å². The fraction of sp³-hybridized carbons (Fsp3) is 0.217. The molecule has 2 aliphatic rings. The number of dihydropyridines is 1. The van der Waals surface area contributed by atoms with Crippen LogP contribution in [0.25, 0.3) is 0 Å². The quantitative estimate of drug-likeness (QED) is 0.670. The van der Waals surface area contributed by atoms with E-state index in [4.69, 9.17) is 0 Å². The van der Waals surface area contributed by atoms with Gasteiger partial charge in [0.2, 0.25) is 0 Å². The Balaban J connectivity index is 1.81. The van der Waals surface area contributed by atoms with Gasteiger partial charge in [-0.2, -0.15) is 0 Å². The highest BCUT2D eigenvalue weighted by Gasteiger charge is 2.38. The Labute approximate surface area is 177 Å². The fourth-order valence-corrected chi connectivity index (χ4v) is 4.47. The van der Waals surface area contributed by atoms with Gasteiger partial charge in [-0.25, -0.2) is 4.39 Å². The summed E-state index contributed by atoms with van der Waals surface area (Å²) >= 11 is 3.48. The highest BCUT2D eigenvalue weighted by Crippen LogP contribution is 2.42. The van der Waals surface area contributed by atoms with Crippen molar-refractivity contribution in [3.05, 3.63) is 86.9 Å². The smallest absolute Gasteiger partial charge is 0.254 e. The number of benzene rings is 2. The predicted molar refractivity (Wildman–Crippen MR) is 114 cm³/mol. The van der Waals surface area contributed by atoms with E-state index in [0.717, 1.165) is 28.6 Å². The molecule has 0 aromatic heterocycles. The maximum atomic E-state index is 14.1. The number of ketones is 1. The summed E-state index contributed by atoms with van der Waals surface area (Å²) < 4.78 is 15.0. The highest BCUT2D eigenvalue weighted by molar-refractivity contribution is 9.10. The monoisotopic (exact) mass is 454 g/mol. The van der Waals surface area contributed by atoms with Gasteiger partial charge in [0.15, 0.2) is 5.78 Å². The zero-order chi connectivity index (χ0) is 20.5. The first kappa shape index (κ1) is 19.6. The van der Waals surface area contributed by atoms with Crippen molar-refractivity contribution in [3.63, 3.8) is 0 Å². The average molecular weight is 455 g/mol. The van der Waals surface area contributed by atoms with E-state index >= 15 is 0 Å². The number of carbonyl (C=O) groups is 2. The molecular formula is C23H20BrFN2O2. The molecular weight excluding hydrogens is 435 g/mol. The van der Waals surface area contributed by atoms with E-state index < -0.39 is 17.6 Å². The summed E-state index contributed by atoms with van der Waals surface area (Å²) in [6.07, 6.45) is 2.03. The molecule has 2 aromatic carbocycles. The number of hydrogen-bond donors (Lipinski definition) is 2. The minimum atomic E-state index is -0.504. The van der Waals surface area contributed by atoms with Crippen LogP contribution < -0.4 is 10.6 Å². The lowest BCUT2D eigenvalue weighted by molar-refractivity contribution is -0.116. The van der Waals surface area contributed by atoms with Crippen LogP contribution >= 0.6 is 15.9 Å². The van der Waals surface area contributed by atoms with Crippen molar-refractivity contribution >= 4 is 33.3 Å². The molecule has 1 aliphatic carbocycles. The van der Waals surface area contributed by atoms with Gasteiger partial charge in [-0.15, -0.1) is 0 Å². The van der Waals surface area contributed by atoms with E-state index in [0.29, 0.717) is 23.3 Å². The number of Topliss-reactive ketones (excluding diaryl/α,β-unsaturated/α-hetero) is 1. The fourth-order valence-electron chi connectivity index (χ4n) is 4.06. The second-order valence-electron chi connectivity index (χ2n) is 7.25. The number of anilines is 1. The van der Waals surface area contributed by atoms with Crippen LogP contribution in [0.15, 0.2) is 75.5 Å². The number of carbonyl (C=O) groups excluding carboxylic acids is 2. The third-order valence-corrected chi connectivity index (χ3v) is 5.82. The molecule has 0 saturated heterocycles. The summed E-state index contributed by atoms with van der Waals surface area (Å²) in [6.45, 7) is 1.82. The third kappa shape index (κ3) is 3.77. The van der Waals surface area contributed by atoms with Crippen molar-refractivity contribution in [2.75, 3.05) is 5.32 Å². The first-order valence-corrected chi connectivity index (χ1v) is 10.3. The number of para-hydroxylation sites is 1. The molecule has 1 unspecified atom stereocenters. The van der Waals surface area contributed by atoms with Gasteiger partial charge in [0.25, 0.3) is 5.91 Å². The highest BCUT2D eigenvalue weighted by atomic mass is 79.9. The average Bonchev–Trinajstić information content (AvgIpc) is 2.69. The maximum absolute atomic E-state index is 14.1. The molecule has 0 spiro atoms. The van der Waals surface area contributed by atoms with Gasteiger partial charge >= 0.3 is 0 Å². The van der Waals surface area contributed by atoms with Crippen LogP contribution in [0.5, 0.6) is 0 Å². The summed E-state index contributed by atoms with van der Waals surface area (Å²) in [7, 11) is 0. The Bertz CT molecular complexity index is 1070. The molecule has 4 nitrogen and oxygen atoms in total. The van der Waals surface area contributed by atoms with Crippen LogP contribution in [0.4, 0.5) is 10.1 Å². The largest absolute Gasteiger partial charge is 0.362 e. The minimum Gasteiger partial charge on any atom is -0.362 e. The van der Waals surface area contributed by atoms with E-state index in [1.54, 1.807) is 12.1 Å². The standard InChI is InChI=1S/C23H20BrFN2O2/c1-13-20(23(29)27-17-9-3-2-8-16(17)25)21(14-6-4-7-15(24)12-14)22-18(26-13)10-5-11-19(22)28/h2-4,6-9,12,21,26H,5,10-11H2,1H3,(H,27,29). The molecule has 4 rings (SSSR count). The number of nitrogens with one attached hydrogen (secondary N) is 2. The van der Waals surface area contributed by atoms with Crippen LogP contribution in [-0.2, 0) is 9.59 Å². The number of rotatable bonds is 3. The van der Waals surface area contributed by atoms with Crippen molar-refractivity contribution in [1.82, 2.24) is 5.32 Å². The van der Waals surface area contributed by atoms with Crippen molar-refractivity contribution in [2.45, 2.75) is 32.1 Å². The SMILES string of the molecule is CC1=C(C(=O)Nc2ccccc2F)C(c2cccc(Br)c2)C2=C(CCCC2=O)N1. The predicted octanol–water partition coefficient (Wildman–Crippen LogP) is 5.19. The van der Waals surface area contributed by atoms with Crippen LogP contribution in [-0.4, -0.2) is 11.7 Å². The van der Waals surface area contributed by atoms with Crippen molar-refractivity contribution in [2.24, 2.45) is 0 Å². The van der Waals surface area contributed by atoms with Gasteiger partial charge < -0.3 is 10.6 Å². The summed E-state index contributed by atoms with van der Waals surface area (Å²) in [5, 5.41) is 5.94. The Morgan fingerprint density at radius 2 is 1.97 bits per heavy atom. The van der Waals surface area contributed by atoms with Crippen LogP contribution in [0.1, 0.15) is 37.7 Å². The Morgan fingerprint density at radius 3 is 2.72 bits per heavy atom. The summed E-state index contributed by atoms with van der Waals surface area (Å²) in [4.78, 5) is 26.1. The molecule has 6 heteroatoms. The number of amides is 1. The second-order valence-corrected chi connectivity index (χ2v) is 8.17. The second kappa shape index (κ2) is 7.95. The van der Waals surface area contributed by atoms with E-state index in [-0.39, 0.29) is 11.5 Å². The van der Waals surface area contributed by atoms with Gasteiger partial charge in [0, 0.05) is 39.4 Å². The first-order chi connectivity index (χ1) is 14.0. The third-order valence-electron chi connectivity index (χ3n) is 5.32. The zero-order valence-electron chi connectivity index (χ0n) is 15.9. The molecule has 2 N–H and O–H groups in total. The summed E-state index contributed by atoms with van der Waals surface area (Å²) in [5.74, 6) is -1.37. The molecule has 29 heavy (non-hydrogen) atoms. The van der Waals surface area contributed by atoms with Gasteiger partial charge in [-0.05, 0) is 49.6 Å². The molecule has 1 heterocycles. The Kier molecular flexibility index (Phi) is 5.37. The van der Waals surface area contributed by atoms with Crippen LogP contribution in [0, 0.1) is 5.82 Å². The molecule has 1 aliphatic heterocycles.